The van der Waals surface area contributed by atoms with Gasteiger partial charge in [-0.2, -0.15) is 5.10 Å². The second-order valence-corrected chi connectivity index (χ2v) is 6.16. The van der Waals surface area contributed by atoms with Gasteiger partial charge in [-0.15, -0.1) is 0 Å². The van der Waals surface area contributed by atoms with Crippen molar-refractivity contribution >= 4 is 23.4 Å². The Balaban J connectivity index is 1.81. The number of aryl methyl sites for hydroxylation is 1. The fourth-order valence-electron chi connectivity index (χ4n) is 1.85. The van der Waals surface area contributed by atoms with Gasteiger partial charge in [0.15, 0.2) is 0 Å². The van der Waals surface area contributed by atoms with Gasteiger partial charge in [0.1, 0.15) is 18.3 Å². The molecule has 0 aliphatic carbocycles. The summed E-state index contributed by atoms with van der Waals surface area (Å²) in [6, 6.07) is 6.80. The monoisotopic (exact) mass is 331 g/mol. The first-order chi connectivity index (χ1) is 11.3. The third-order valence-corrected chi connectivity index (χ3v) is 2.85. The molecule has 24 heavy (non-hydrogen) atoms. The SMILES string of the molecule is CC(C)(C)OC(=O)Nc1ccc(NC(=O)CCn2cncn2)cc1. The topological polar surface area (TPSA) is 98.1 Å². The maximum Gasteiger partial charge on any atom is 0.412 e. The zero-order valence-corrected chi connectivity index (χ0v) is 13.9. The van der Waals surface area contributed by atoms with Crippen LogP contribution < -0.4 is 10.6 Å². The van der Waals surface area contributed by atoms with Crippen LogP contribution in [-0.4, -0.2) is 32.4 Å². The van der Waals surface area contributed by atoms with Gasteiger partial charge in [0, 0.05) is 17.8 Å². The van der Waals surface area contributed by atoms with Gasteiger partial charge in [0.2, 0.25) is 5.91 Å². The minimum Gasteiger partial charge on any atom is -0.444 e. The standard InChI is InChI=1S/C16H21N5O3/c1-16(2,3)24-15(23)20-13-6-4-12(5-7-13)19-14(22)8-9-21-11-17-10-18-21/h4-7,10-11H,8-9H2,1-3H3,(H,19,22)(H,20,23). The van der Waals surface area contributed by atoms with Crippen LogP contribution in [0.2, 0.25) is 0 Å². The van der Waals surface area contributed by atoms with Gasteiger partial charge in [0.05, 0.1) is 6.54 Å². The lowest BCUT2D eigenvalue weighted by molar-refractivity contribution is -0.116. The Morgan fingerprint density at radius 1 is 1.12 bits per heavy atom. The lowest BCUT2D eigenvalue weighted by Crippen LogP contribution is -2.27. The van der Waals surface area contributed by atoms with Crippen LogP contribution in [-0.2, 0) is 16.1 Å². The van der Waals surface area contributed by atoms with Crippen LogP contribution in [0.5, 0.6) is 0 Å². The summed E-state index contributed by atoms with van der Waals surface area (Å²) in [7, 11) is 0. The van der Waals surface area contributed by atoms with Gasteiger partial charge in [-0.1, -0.05) is 0 Å². The molecule has 2 aromatic rings. The molecule has 0 bridgehead atoms. The van der Waals surface area contributed by atoms with E-state index >= 15 is 0 Å². The van der Waals surface area contributed by atoms with Crippen LogP contribution in [0.1, 0.15) is 27.2 Å². The number of carbonyl (C=O) groups is 2. The van der Waals surface area contributed by atoms with E-state index in [0.717, 1.165) is 0 Å². The molecule has 2 N–H and O–H groups in total. The molecule has 0 fully saturated rings. The molecule has 0 aliphatic heterocycles. The third kappa shape index (κ3) is 6.07. The van der Waals surface area contributed by atoms with Gasteiger partial charge >= 0.3 is 6.09 Å². The highest BCUT2D eigenvalue weighted by molar-refractivity contribution is 5.91. The largest absolute Gasteiger partial charge is 0.444 e. The quantitative estimate of drug-likeness (QED) is 0.877. The Hall–Kier alpha value is -2.90. The molecule has 128 valence electrons. The number of amides is 2. The molecule has 0 radical (unpaired) electrons. The summed E-state index contributed by atoms with van der Waals surface area (Å²) < 4.78 is 6.76. The number of hydrogen-bond donors (Lipinski definition) is 2. The van der Waals surface area contributed by atoms with E-state index in [0.29, 0.717) is 24.3 Å². The number of benzene rings is 1. The summed E-state index contributed by atoms with van der Waals surface area (Å²) in [5.41, 5.74) is 0.681. The molecular weight excluding hydrogens is 310 g/mol. The molecular formula is C16H21N5O3. The minimum absolute atomic E-state index is 0.127. The van der Waals surface area contributed by atoms with E-state index in [1.54, 1.807) is 56.0 Å². The van der Waals surface area contributed by atoms with E-state index in [1.807, 2.05) is 0 Å². The summed E-state index contributed by atoms with van der Waals surface area (Å²) in [4.78, 5) is 27.4. The summed E-state index contributed by atoms with van der Waals surface area (Å²) in [6.07, 6.45) is 2.76. The first-order valence-corrected chi connectivity index (χ1v) is 7.54. The molecule has 8 nitrogen and oxygen atoms in total. The Morgan fingerprint density at radius 3 is 2.29 bits per heavy atom. The maximum absolute atomic E-state index is 11.9. The molecule has 1 aromatic heterocycles. The molecule has 0 unspecified atom stereocenters. The van der Waals surface area contributed by atoms with Crippen molar-refractivity contribution in [1.82, 2.24) is 14.8 Å². The molecule has 1 aromatic carbocycles. The van der Waals surface area contributed by atoms with E-state index in [2.05, 4.69) is 20.7 Å². The predicted octanol–water partition coefficient (Wildman–Crippen LogP) is 2.65. The fourth-order valence-corrected chi connectivity index (χ4v) is 1.85. The number of aromatic nitrogens is 3. The Bertz CT molecular complexity index is 675. The van der Waals surface area contributed by atoms with Crippen molar-refractivity contribution in [2.75, 3.05) is 10.6 Å². The van der Waals surface area contributed by atoms with Crippen LogP contribution in [0.25, 0.3) is 0 Å². The van der Waals surface area contributed by atoms with Crippen molar-refractivity contribution in [2.24, 2.45) is 0 Å². The van der Waals surface area contributed by atoms with Crippen LogP contribution in [0.15, 0.2) is 36.9 Å². The van der Waals surface area contributed by atoms with Gasteiger partial charge in [-0.05, 0) is 45.0 Å². The highest BCUT2D eigenvalue weighted by atomic mass is 16.6. The smallest absolute Gasteiger partial charge is 0.412 e. The van der Waals surface area contributed by atoms with E-state index in [1.165, 1.54) is 6.33 Å². The van der Waals surface area contributed by atoms with E-state index < -0.39 is 11.7 Å². The van der Waals surface area contributed by atoms with Crippen molar-refractivity contribution < 1.29 is 14.3 Å². The molecule has 0 spiro atoms. The Morgan fingerprint density at radius 2 is 1.75 bits per heavy atom. The molecule has 0 saturated heterocycles. The van der Waals surface area contributed by atoms with Gasteiger partial charge in [-0.25, -0.2) is 9.78 Å². The number of anilines is 2. The lowest BCUT2D eigenvalue weighted by atomic mass is 10.2. The number of carbonyl (C=O) groups excluding carboxylic acids is 2. The average Bonchev–Trinajstić information content (AvgIpc) is 2.98. The molecule has 0 aliphatic rings. The highest BCUT2D eigenvalue weighted by Gasteiger charge is 2.16. The van der Waals surface area contributed by atoms with Crippen LogP contribution in [0, 0.1) is 0 Å². The van der Waals surface area contributed by atoms with E-state index in [9.17, 15) is 9.59 Å². The summed E-state index contributed by atoms with van der Waals surface area (Å²) in [5, 5.41) is 9.34. The van der Waals surface area contributed by atoms with Gasteiger partial charge in [-0.3, -0.25) is 14.8 Å². The first kappa shape index (κ1) is 17.5. The molecule has 0 atom stereocenters. The van der Waals surface area contributed by atoms with Crippen LogP contribution >= 0.6 is 0 Å². The van der Waals surface area contributed by atoms with Gasteiger partial charge < -0.3 is 10.1 Å². The zero-order chi connectivity index (χ0) is 17.6. The summed E-state index contributed by atoms with van der Waals surface area (Å²) >= 11 is 0. The normalized spacial score (nSPS) is 11.0. The minimum atomic E-state index is -0.553. The maximum atomic E-state index is 11.9. The number of rotatable bonds is 5. The predicted molar refractivity (Wildman–Crippen MR) is 89.6 cm³/mol. The van der Waals surface area contributed by atoms with E-state index in [-0.39, 0.29) is 5.91 Å². The van der Waals surface area contributed by atoms with E-state index in [4.69, 9.17) is 4.74 Å². The lowest BCUT2D eigenvalue weighted by Gasteiger charge is -2.19. The number of nitrogens with one attached hydrogen (secondary N) is 2. The average molecular weight is 331 g/mol. The molecule has 8 heteroatoms. The second-order valence-electron chi connectivity index (χ2n) is 6.16. The van der Waals surface area contributed by atoms with Crippen molar-refractivity contribution in [3.05, 3.63) is 36.9 Å². The Labute approximate surface area is 140 Å². The van der Waals surface area contributed by atoms with Crippen molar-refractivity contribution in [3.63, 3.8) is 0 Å². The highest BCUT2D eigenvalue weighted by Crippen LogP contribution is 2.15. The Kier molecular flexibility index (Phi) is 5.51. The fraction of sp³-hybridized carbons (Fsp3) is 0.375. The molecule has 1 heterocycles. The third-order valence-electron chi connectivity index (χ3n) is 2.85. The summed E-state index contributed by atoms with van der Waals surface area (Å²) in [5.74, 6) is -0.127. The number of ether oxygens (including phenoxy) is 1. The molecule has 2 amide bonds. The molecule has 0 saturated carbocycles. The van der Waals surface area contributed by atoms with Crippen molar-refractivity contribution in [2.45, 2.75) is 39.3 Å². The summed E-state index contributed by atoms with van der Waals surface area (Å²) in [6.45, 7) is 5.85. The number of hydrogen-bond acceptors (Lipinski definition) is 5. The first-order valence-electron chi connectivity index (χ1n) is 7.54. The van der Waals surface area contributed by atoms with Gasteiger partial charge in [0.25, 0.3) is 0 Å². The second kappa shape index (κ2) is 7.58. The number of nitrogens with zero attached hydrogens (tertiary/aromatic N) is 3. The van der Waals surface area contributed by atoms with Crippen LogP contribution in [0.3, 0.4) is 0 Å². The van der Waals surface area contributed by atoms with Crippen molar-refractivity contribution in [1.29, 1.82) is 0 Å². The molecule has 2 rings (SSSR count). The zero-order valence-electron chi connectivity index (χ0n) is 13.9. The van der Waals surface area contributed by atoms with Crippen LogP contribution in [0.4, 0.5) is 16.2 Å². The van der Waals surface area contributed by atoms with Crippen molar-refractivity contribution in [3.8, 4) is 0 Å².